The van der Waals surface area contributed by atoms with Crippen LogP contribution in [0.25, 0.3) is 11.3 Å². The summed E-state index contributed by atoms with van der Waals surface area (Å²) >= 11 is 0. The largest absolute Gasteiger partial charge is 0.493 e. The predicted octanol–water partition coefficient (Wildman–Crippen LogP) is 4.09. The van der Waals surface area contributed by atoms with Crippen LogP contribution < -0.4 is 9.47 Å². The Morgan fingerprint density at radius 1 is 0.971 bits per heavy atom. The van der Waals surface area contributed by atoms with E-state index in [4.69, 9.17) is 9.47 Å². The van der Waals surface area contributed by atoms with Gasteiger partial charge in [-0.2, -0.15) is 5.10 Å². The van der Waals surface area contributed by atoms with Crippen LogP contribution >= 0.6 is 0 Å². The highest BCUT2D eigenvalue weighted by atomic mass is 16.5. The SMILES string of the molecule is COc1ccccc1Oc1nccnc1C1CCN(C(=O)c2ccc(-c3cnn(C)c3)nc2)CC1. The molecule has 1 amide bonds. The van der Waals surface area contributed by atoms with Crippen LogP contribution in [0.3, 0.4) is 0 Å². The summed E-state index contributed by atoms with van der Waals surface area (Å²) in [6, 6.07) is 11.1. The molecule has 4 aromatic rings. The van der Waals surface area contributed by atoms with Crippen LogP contribution in [0.4, 0.5) is 0 Å². The van der Waals surface area contributed by atoms with E-state index in [2.05, 4.69) is 20.1 Å². The van der Waals surface area contributed by atoms with Crippen molar-refractivity contribution in [3.63, 3.8) is 0 Å². The zero-order chi connectivity index (χ0) is 24.2. The van der Waals surface area contributed by atoms with Gasteiger partial charge in [-0.3, -0.25) is 19.4 Å². The Kier molecular flexibility index (Phi) is 6.38. The Labute approximate surface area is 203 Å². The van der Waals surface area contributed by atoms with Crippen molar-refractivity contribution in [1.29, 1.82) is 0 Å². The molecule has 0 bridgehead atoms. The minimum atomic E-state index is -0.0154. The lowest BCUT2D eigenvalue weighted by molar-refractivity contribution is 0.0711. The molecule has 35 heavy (non-hydrogen) atoms. The summed E-state index contributed by atoms with van der Waals surface area (Å²) < 4.78 is 13.2. The number of para-hydroxylation sites is 2. The third-order valence-electron chi connectivity index (χ3n) is 6.15. The highest BCUT2D eigenvalue weighted by Gasteiger charge is 2.28. The number of benzene rings is 1. The number of aryl methyl sites for hydroxylation is 1. The van der Waals surface area contributed by atoms with Crippen LogP contribution in [0.2, 0.25) is 0 Å². The molecular weight excluding hydrogens is 444 g/mol. The number of rotatable bonds is 6. The number of amides is 1. The van der Waals surface area contributed by atoms with Crippen molar-refractivity contribution in [3.8, 4) is 28.6 Å². The molecule has 3 aromatic heterocycles. The fraction of sp³-hybridized carbons (Fsp3) is 0.269. The highest BCUT2D eigenvalue weighted by molar-refractivity contribution is 5.94. The maximum absolute atomic E-state index is 13.1. The summed E-state index contributed by atoms with van der Waals surface area (Å²) in [6.45, 7) is 1.25. The summed E-state index contributed by atoms with van der Waals surface area (Å²) in [5, 5.41) is 4.17. The molecule has 1 fully saturated rings. The number of likely N-dealkylation sites (tertiary alicyclic amines) is 1. The first-order valence-corrected chi connectivity index (χ1v) is 11.5. The van der Waals surface area contributed by atoms with Crippen molar-refractivity contribution >= 4 is 5.91 Å². The van der Waals surface area contributed by atoms with Gasteiger partial charge in [0.25, 0.3) is 5.91 Å². The lowest BCUT2D eigenvalue weighted by Gasteiger charge is -2.32. The summed E-state index contributed by atoms with van der Waals surface area (Å²) in [6.07, 6.45) is 10.1. The van der Waals surface area contributed by atoms with Crippen LogP contribution in [0.1, 0.15) is 34.8 Å². The molecule has 178 valence electrons. The van der Waals surface area contributed by atoms with E-state index in [0.717, 1.165) is 29.8 Å². The Bertz CT molecular complexity index is 1310. The first-order valence-electron chi connectivity index (χ1n) is 11.5. The van der Waals surface area contributed by atoms with E-state index in [1.165, 1.54) is 0 Å². The fourth-order valence-corrected chi connectivity index (χ4v) is 4.29. The molecule has 0 unspecified atom stereocenters. The molecule has 9 heteroatoms. The number of carbonyl (C=O) groups excluding carboxylic acids is 1. The summed E-state index contributed by atoms with van der Waals surface area (Å²) in [5.41, 5.74) is 3.09. The van der Waals surface area contributed by atoms with Gasteiger partial charge < -0.3 is 14.4 Å². The highest BCUT2D eigenvalue weighted by Crippen LogP contribution is 2.36. The molecule has 0 atom stereocenters. The second-order valence-corrected chi connectivity index (χ2v) is 8.40. The van der Waals surface area contributed by atoms with Gasteiger partial charge >= 0.3 is 0 Å². The van der Waals surface area contributed by atoms with Crippen molar-refractivity contribution in [1.82, 2.24) is 29.6 Å². The van der Waals surface area contributed by atoms with Crippen molar-refractivity contribution < 1.29 is 14.3 Å². The maximum atomic E-state index is 13.1. The molecule has 0 radical (unpaired) electrons. The van der Waals surface area contributed by atoms with Crippen molar-refractivity contribution in [3.05, 3.63) is 78.6 Å². The third kappa shape index (κ3) is 4.84. The van der Waals surface area contributed by atoms with Crippen LogP contribution in [-0.4, -0.2) is 55.7 Å². The molecular formula is C26H26N6O3. The Hall–Kier alpha value is -4.27. The van der Waals surface area contributed by atoms with Gasteiger partial charge in [-0.1, -0.05) is 12.1 Å². The Balaban J connectivity index is 1.25. The summed E-state index contributed by atoms with van der Waals surface area (Å²) in [7, 11) is 3.47. The van der Waals surface area contributed by atoms with E-state index in [1.807, 2.05) is 54.5 Å². The van der Waals surface area contributed by atoms with Gasteiger partial charge in [0, 0.05) is 56.4 Å². The monoisotopic (exact) mass is 470 g/mol. The molecule has 1 aliphatic rings. The number of hydrogen-bond donors (Lipinski definition) is 0. The van der Waals surface area contributed by atoms with Gasteiger partial charge in [-0.15, -0.1) is 0 Å². The van der Waals surface area contributed by atoms with Gasteiger partial charge in [0.05, 0.1) is 24.6 Å². The molecule has 0 aliphatic carbocycles. The third-order valence-corrected chi connectivity index (χ3v) is 6.15. The molecule has 0 N–H and O–H groups in total. The van der Waals surface area contributed by atoms with E-state index in [9.17, 15) is 4.79 Å². The molecule has 1 aliphatic heterocycles. The number of nitrogens with zero attached hydrogens (tertiary/aromatic N) is 6. The quantitative estimate of drug-likeness (QED) is 0.419. The minimum Gasteiger partial charge on any atom is -0.493 e. The number of carbonyl (C=O) groups is 1. The van der Waals surface area contributed by atoms with Gasteiger partial charge in [0.2, 0.25) is 5.88 Å². The standard InChI is InChI=1S/C26H26N6O3/c1-31-17-20(16-30-31)21-8-7-19(15-29-21)26(33)32-13-9-18(10-14-32)24-25(28-12-11-27-24)35-23-6-4-3-5-22(23)34-2/h3-8,11-12,15-18H,9-10,13-14H2,1-2H3. The molecule has 9 nitrogen and oxygen atoms in total. The zero-order valence-electron chi connectivity index (χ0n) is 19.7. The van der Waals surface area contributed by atoms with Gasteiger partial charge in [0.1, 0.15) is 5.69 Å². The molecule has 0 saturated carbocycles. The van der Waals surface area contributed by atoms with E-state index in [1.54, 1.807) is 36.6 Å². The average Bonchev–Trinajstić information content (AvgIpc) is 3.35. The van der Waals surface area contributed by atoms with Crippen LogP contribution in [0.5, 0.6) is 17.4 Å². The van der Waals surface area contributed by atoms with E-state index >= 15 is 0 Å². The predicted molar refractivity (Wildman–Crippen MR) is 129 cm³/mol. The van der Waals surface area contributed by atoms with Crippen molar-refractivity contribution in [2.75, 3.05) is 20.2 Å². The molecule has 5 rings (SSSR count). The van der Waals surface area contributed by atoms with Crippen LogP contribution in [0, 0.1) is 0 Å². The average molecular weight is 471 g/mol. The maximum Gasteiger partial charge on any atom is 0.255 e. The van der Waals surface area contributed by atoms with Crippen molar-refractivity contribution in [2.24, 2.45) is 7.05 Å². The molecule has 4 heterocycles. The van der Waals surface area contributed by atoms with E-state index in [0.29, 0.717) is 36.0 Å². The molecule has 1 aromatic carbocycles. The van der Waals surface area contributed by atoms with E-state index < -0.39 is 0 Å². The smallest absolute Gasteiger partial charge is 0.255 e. The molecule has 1 saturated heterocycles. The number of methoxy groups -OCH3 is 1. The lowest BCUT2D eigenvalue weighted by Crippen LogP contribution is -2.38. The van der Waals surface area contributed by atoms with Gasteiger partial charge in [-0.05, 0) is 37.1 Å². The number of pyridine rings is 1. The number of piperidine rings is 1. The van der Waals surface area contributed by atoms with Gasteiger partial charge in [0.15, 0.2) is 11.5 Å². The number of hydrogen-bond acceptors (Lipinski definition) is 7. The second kappa shape index (κ2) is 9.92. The van der Waals surface area contributed by atoms with E-state index in [-0.39, 0.29) is 11.8 Å². The Morgan fingerprint density at radius 3 is 2.43 bits per heavy atom. The fourth-order valence-electron chi connectivity index (χ4n) is 4.29. The minimum absolute atomic E-state index is 0.0154. The topological polar surface area (TPSA) is 95.3 Å². The summed E-state index contributed by atoms with van der Waals surface area (Å²) in [5.74, 6) is 1.82. The Morgan fingerprint density at radius 2 is 1.74 bits per heavy atom. The molecule has 0 spiro atoms. The van der Waals surface area contributed by atoms with Crippen LogP contribution in [-0.2, 0) is 7.05 Å². The lowest BCUT2D eigenvalue weighted by atomic mass is 9.93. The zero-order valence-corrected chi connectivity index (χ0v) is 19.7. The van der Waals surface area contributed by atoms with Gasteiger partial charge in [-0.25, -0.2) is 4.98 Å². The second-order valence-electron chi connectivity index (χ2n) is 8.40. The van der Waals surface area contributed by atoms with Crippen LogP contribution in [0.15, 0.2) is 67.4 Å². The summed E-state index contributed by atoms with van der Waals surface area (Å²) in [4.78, 5) is 28.4. The normalized spacial score (nSPS) is 14.1. The van der Waals surface area contributed by atoms with Crippen molar-refractivity contribution in [2.45, 2.75) is 18.8 Å². The number of ether oxygens (including phenoxy) is 2. The first-order chi connectivity index (χ1) is 17.1. The number of aromatic nitrogens is 5. The first kappa shape index (κ1) is 22.5.